The van der Waals surface area contributed by atoms with Gasteiger partial charge < -0.3 is 15.5 Å². The molecule has 0 saturated heterocycles. The third-order valence-corrected chi connectivity index (χ3v) is 4.79. The minimum absolute atomic E-state index is 0.0483. The van der Waals surface area contributed by atoms with Gasteiger partial charge in [0.1, 0.15) is 5.82 Å². The molecule has 2 aromatic rings. The van der Waals surface area contributed by atoms with Crippen LogP contribution < -0.4 is 10.6 Å². The van der Waals surface area contributed by atoms with Crippen molar-refractivity contribution in [2.24, 2.45) is 0 Å². The van der Waals surface area contributed by atoms with E-state index in [2.05, 4.69) is 10.6 Å². The molecule has 0 saturated carbocycles. The lowest BCUT2D eigenvalue weighted by molar-refractivity contribution is -0.131. The molecule has 0 spiro atoms. The second-order valence-corrected chi connectivity index (χ2v) is 7.22. The average Bonchev–Trinajstić information content (AvgIpc) is 2.65. The van der Waals surface area contributed by atoms with Crippen LogP contribution in [0.3, 0.4) is 0 Å². The smallest absolute Gasteiger partial charge is 0.244 e. The number of para-hydroxylation sites is 1. The Morgan fingerprint density at radius 1 is 1.00 bits per heavy atom. The lowest BCUT2D eigenvalue weighted by Crippen LogP contribution is -2.36. The molecular formula is C19H19ClFN3O3S. The van der Waals surface area contributed by atoms with Gasteiger partial charge in [0.15, 0.2) is 0 Å². The number of hydrogen-bond donors (Lipinski definition) is 2. The Morgan fingerprint density at radius 2 is 1.68 bits per heavy atom. The van der Waals surface area contributed by atoms with E-state index < -0.39 is 0 Å². The number of nitrogens with one attached hydrogen (secondary N) is 2. The van der Waals surface area contributed by atoms with Gasteiger partial charge in [0.2, 0.25) is 17.7 Å². The van der Waals surface area contributed by atoms with Crippen molar-refractivity contribution in [1.29, 1.82) is 0 Å². The Bertz CT molecular complexity index is 849. The van der Waals surface area contributed by atoms with Gasteiger partial charge in [-0.15, -0.1) is 11.8 Å². The van der Waals surface area contributed by atoms with Gasteiger partial charge in [-0.1, -0.05) is 23.7 Å². The molecule has 0 fully saturated rings. The van der Waals surface area contributed by atoms with E-state index in [4.69, 9.17) is 11.6 Å². The third-order valence-electron chi connectivity index (χ3n) is 3.54. The summed E-state index contributed by atoms with van der Waals surface area (Å²) in [5.41, 5.74) is 0.952. The summed E-state index contributed by atoms with van der Waals surface area (Å²) in [6.07, 6.45) is 0. The molecule has 2 N–H and O–H groups in total. The normalized spacial score (nSPS) is 10.2. The number of carbonyl (C=O) groups excluding carboxylic acids is 3. The van der Waals surface area contributed by atoms with Gasteiger partial charge in [-0.25, -0.2) is 4.39 Å². The number of likely N-dealkylation sites (N-methyl/N-ethyl adjacent to an activating group) is 1. The Balaban J connectivity index is 1.70. The number of nitrogens with zero attached hydrogens (tertiary/aromatic N) is 1. The van der Waals surface area contributed by atoms with Gasteiger partial charge in [-0.3, -0.25) is 14.4 Å². The highest BCUT2D eigenvalue weighted by atomic mass is 35.5. The first kappa shape index (κ1) is 21.7. The molecule has 2 aromatic carbocycles. The van der Waals surface area contributed by atoms with E-state index in [0.29, 0.717) is 16.4 Å². The van der Waals surface area contributed by atoms with E-state index in [9.17, 15) is 18.8 Å². The summed E-state index contributed by atoms with van der Waals surface area (Å²) in [6.45, 7) is -0.133. The van der Waals surface area contributed by atoms with Crippen molar-refractivity contribution in [3.05, 3.63) is 59.4 Å². The monoisotopic (exact) mass is 423 g/mol. The molecule has 28 heavy (non-hydrogen) atoms. The van der Waals surface area contributed by atoms with E-state index in [1.165, 1.54) is 36.2 Å². The topological polar surface area (TPSA) is 78.5 Å². The minimum Gasteiger partial charge on any atom is -0.336 e. The first-order valence-corrected chi connectivity index (χ1v) is 9.80. The molecule has 0 aliphatic heterocycles. The average molecular weight is 424 g/mol. The van der Waals surface area contributed by atoms with Gasteiger partial charge in [0.05, 0.1) is 28.8 Å². The second-order valence-electron chi connectivity index (χ2n) is 5.83. The minimum atomic E-state index is -0.389. The largest absolute Gasteiger partial charge is 0.336 e. The van der Waals surface area contributed by atoms with Crippen LogP contribution in [0, 0.1) is 5.82 Å². The number of amides is 3. The van der Waals surface area contributed by atoms with Crippen molar-refractivity contribution in [2.45, 2.75) is 0 Å². The fraction of sp³-hybridized carbons (Fsp3) is 0.211. The van der Waals surface area contributed by atoms with Crippen LogP contribution in [0.15, 0.2) is 48.5 Å². The maximum Gasteiger partial charge on any atom is 0.244 e. The first-order valence-electron chi connectivity index (χ1n) is 8.26. The summed E-state index contributed by atoms with van der Waals surface area (Å²) < 4.78 is 12.8. The third kappa shape index (κ3) is 7.21. The summed E-state index contributed by atoms with van der Waals surface area (Å²) in [7, 11) is 1.51. The van der Waals surface area contributed by atoms with Gasteiger partial charge in [-0.05, 0) is 36.4 Å². The lowest BCUT2D eigenvalue weighted by Gasteiger charge is -2.17. The van der Waals surface area contributed by atoms with Crippen molar-refractivity contribution in [3.8, 4) is 0 Å². The van der Waals surface area contributed by atoms with E-state index in [1.807, 2.05) is 0 Å². The SMILES string of the molecule is CN(CC(=O)Nc1ccccc1Cl)C(=O)CSCC(=O)Nc1ccc(F)cc1. The number of benzene rings is 2. The lowest BCUT2D eigenvalue weighted by atomic mass is 10.3. The van der Waals surface area contributed by atoms with Crippen LogP contribution in [0.5, 0.6) is 0 Å². The highest BCUT2D eigenvalue weighted by Gasteiger charge is 2.14. The number of halogens is 2. The van der Waals surface area contributed by atoms with Crippen LogP contribution in [0.4, 0.5) is 15.8 Å². The molecule has 0 aliphatic rings. The zero-order valence-electron chi connectivity index (χ0n) is 15.1. The van der Waals surface area contributed by atoms with E-state index >= 15 is 0 Å². The number of carbonyl (C=O) groups is 3. The number of hydrogen-bond acceptors (Lipinski definition) is 4. The summed E-state index contributed by atoms with van der Waals surface area (Å²) in [5.74, 6) is -1.24. The molecule has 0 aliphatic carbocycles. The van der Waals surface area contributed by atoms with Gasteiger partial charge in [0, 0.05) is 12.7 Å². The molecule has 0 aromatic heterocycles. The molecule has 0 heterocycles. The van der Waals surface area contributed by atoms with Crippen molar-refractivity contribution in [1.82, 2.24) is 4.90 Å². The van der Waals surface area contributed by atoms with E-state index in [-0.39, 0.29) is 41.6 Å². The maximum absolute atomic E-state index is 12.8. The van der Waals surface area contributed by atoms with Crippen molar-refractivity contribution in [3.63, 3.8) is 0 Å². The first-order chi connectivity index (χ1) is 13.3. The Kier molecular flexibility index (Phi) is 8.28. The Labute approximate surface area is 171 Å². The second kappa shape index (κ2) is 10.7. The van der Waals surface area contributed by atoms with Crippen LogP contribution in [-0.2, 0) is 14.4 Å². The molecule has 0 bridgehead atoms. The van der Waals surface area contributed by atoms with Crippen molar-refractivity contribution >= 4 is 52.5 Å². The number of rotatable bonds is 8. The fourth-order valence-corrected chi connectivity index (χ4v) is 3.07. The summed E-state index contributed by atoms with van der Waals surface area (Å²) in [6, 6.07) is 12.2. The maximum atomic E-state index is 12.8. The number of thioether (sulfide) groups is 1. The standard InChI is InChI=1S/C19H19ClFN3O3S/c1-24(10-17(25)23-16-5-3-2-4-15(16)20)19(27)12-28-11-18(26)22-14-8-6-13(21)7-9-14/h2-9H,10-12H2,1H3,(H,22,26)(H,23,25). The Morgan fingerprint density at radius 3 is 2.36 bits per heavy atom. The molecule has 0 radical (unpaired) electrons. The molecule has 148 valence electrons. The van der Waals surface area contributed by atoms with Crippen LogP contribution >= 0.6 is 23.4 Å². The highest BCUT2D eigenvalue weighted by Crippen LogP contribution is 2.20. The van der Waals surface area contributed by atoms with Crippen molar-refractivity contribution in [2.75, 3.05) is 35.7 Å². The summed E-state index contributed by atoms with van der Waals surface area (Å²) in [5, 5.41) is 5.66. The van der Waals surface area contributed by atoms with E-state index in [1.54, 1.807) is 24.3 Å². The van der Waals surface area contributed by atoms with E-state index in [0.717, 1.165) is 11.8 Å². The van der Waals surface area contributed by atoms with Crippen molar-refractivity contribution < 1.29 is 18.8 Å². The molecule has 0 atom stereocenters. The molecule has 0 unspecified atom stereocenters. The van der Waals surface area contributed by atoms with Crippen LogP contribution in [-0.4, -0.2) is 47.7 Å². The zero-order valence-corrected chi connectivity index (χ0v) is 16.6. The van der Waals surface area contributed by atoms with Crippen LogP contribution in [0.2, 0.25) is 5.02 Å². The van der Waals surface area contributed by atoms with Crippen LogP contribution in [0.25, 0.3) is 0 Å². The summed E-state index contributed by atoms with van der Waals surface area (Å²) >= 11 is 7.10. The predicted molar refractivity (Wildman–Crippen MR) is 110 cm³/mol. The molecule has 9 heteroatoms. The number of anilines is 2. The fourth-order valence-electron chi connectivity index (χ4n) is 2.13. The quantitative estimate of drug-likeness (QED) is 0.683. The Hall–Kier alpha value is -2.58. The molecule has 3 amide bonds. The highest BCUT2D eigenvalue weighted by molar-refractivity contribution is 8.00. The van der Waals surface area contributed by atoms with Gasteiger partial charge in [-0.2, -0.15) is 0 Å². The molecule has 6 nitrogen and oxygen atoms in total. The zero-order chi connectivity index (χ0) is 20.5. The predicted octanol–water partition coefficient (Wildman–Crippen LogP) is 3.25. The van der Waals surface area contributed by atoms with Gasteiger partial charge in [0.25, 0.3) is 0 Å². The molecule has 2 rings (SSSR count). The molecular weight excluding hydrogens is 405 g/mol. The van der Waals surface area contributed by atoms with Gasteiger partial charge >= 0.3 is 0 Å². The van der Waals surface area contributed by atoms with Crippen LogP contribution in [0.1, 0.15) is 0 Å². The summed E-state index contributed by atoms with van der Waals surface area (Å²) in [4.78, 5) is 37.2.